The van der Waals surface area contributed by atoms with Gasteiger partial charge in [0.1, 0.15) is 5.75 Å². The molecule has 40 heavy (non-hydrogen) atoms. The quantitative estimate of drug-likeness (QED) is 0.189. The van der Waals surface area contributed by atoms with Crippen molar-refractivity contribution >= 4 is 46.3 Å². The first-order valence-corrected chi connectivity index (χ1v) is 13.8. The van der Waals surface area contributed by atoms with Crippen molar-refractivity contribution in [3.05, 3.63) is 98.1 Å². The summed E-state index contributed by atoms with van der Waals surface area (Å²) in [5.74, 6) is -0.295. The monoisotopic (exact) mass is 608 g/mol. The average molecular weight is 610 g/mol. The van der Waals surface area contributed by atoms with Gasteiger partial charge in [0, 0.05) is 34.2 Å². The minimum absolute atomic E-state index is 0.295. The van der Waals surface area contributed by atoms with Crippen LogP contribution in [-0.2, 0) is 13.1 Å². The van der Waals surface area contributed by atoms with Crippen molar-refractivity contribution in [3.8, 4) is 17.0 Å². The third-order valence-corrected chi connectivity index (χ3v) is 7.33. The number of alkyl halides is 3. The molecule has 0 spiro atoms. The van der Waals surface area contributed by atoms with E-state index in [1.807, 2.05) is 29.0 Å². The molecule has 6 nitrogen and oxygen atoms in total. The summed E-state index contributed by atoms with van der Waals surface area (Å²) in [5, 5.41) is 8.79. The van der Waals surface area contributed by atoms with Gasteiger partial charge >= 0.3 is 12.4 Å². The van der Waals surface area contributed by atoms with Crippen LogP contribution in [0.15, 0.2) is 77.1 Å². The molecule has 4 aromatic rings. The minimum Gasteiger partial charge on any atom is -0.406 e. The zero-order valence-electron chi connectivity index (χ0n) is 21.3. The lowest BCUT2D eigenvalue weighted by Crippen LogP contribution is -2.30. The molecule has 0 aliphatic rings. The van der Waals surface area contributed by atoms with Gasteiger partial charge in [-0.2, -0.15) is 0 Å². The van der Waals surface area contributed by atoms with E-state index in [0.29, 0.717) is 47.4 Å². The second-order valence-corrected chi connectivity index (χ2v) is 10.4. The van der Waals surface area contributed by atoms with E-state index in [2.05, 4.69) is 15.4 Å². The summed E-state index contributed by atoms with van der Waals surface area (Å²) in [7, 11) is 0. The Bertz CT molecular complexity index is 1520. The predicted octanol–water partition coefficient (Wildman–Crippen LogP) is 8.04. The van der Waals surface area contributed by atoms with Crippen molar-refractivity contribution < 1.29 is 22.7 Å². The number of ether oxygens (including phenoxy) is 1. The highest BCUT2D eigenvalue weighted by atomic mass is 35.5. The maximum atomic E-state index is 12.6. The second-order valence-electron chi connectivity index (χ2n) is 8.77. The predicted molar refractivity (Wildman–Crippen MR) is 153 cm³/mol. The number of carbonyl (C=O) groups excluding carboxylic acids is 1. The molecule has 12 heteroatoms. The average Bonchev–Trinajstić information content (AvgIpc) is 3.30. The van der Waals surface area contributed by atoms with Crippen LogP contribution in [0.25, 0.3) is 11.3 Å². The zero-order chi connectivity index (χ0) is 28.7. The van der Waals surface area contributed by atoms with Crippen LogP contribution >= 0.6 is 34.5 Å². The fourth-order valence-corrected chi connectivity index (χ4v) is 4.99. The van der Waals surface area contributed by atoms with E-state index in [1.54, 1.807) is 42.5 Å². The number of nitrogens with one attached hydrogen (secondary N) is 2. The van der Waals surface area contributed by atoms with Crippen molar-refractivity contribution in [2.24, 2.45) is 4.99 Å². The van der Waals surface area contributed by atoms with Crippen molar-refractivity contribution in [1.29, 1.82) is 0 Å². The minimum atomic E-state index is -4.76. The van der Waals surface area contributed by atoms with Crippen molar-refractivity contribution in [1.82, 2.24) is 9.88 Å². The van der Waals surface area contributed by atoms with Crippen LogP contribution in [0.2, 0.25) is 10.0 Å². The van der Waals surface area contributed by atoms with Gasteiger partial charge in [-0.3, -0.25) is 4.99 Å². The molecule has 210 valence electrons. The number of anilines is 1. The molecule has 0 saturated heterocycles. The van der Waals surface area contributed by atoms with Crippen LogP contribution in [0.3, 0.4) is 0 Å². The normalized spacial score (nSPS) is 11.9. The molecule has 0 saturated carbocycles. The van der Waals surface area contributed by atoms with E-state index in [1.165, 1.54) is 23.5 Å². The van der Waals surface area contributed by atoms with Crippen LogP contribution in [0, 0.1) is 6.92 Å². The number of carbonyl (C=O) groups is 1. The van der Waals surface area contributed by atoms with Crippen molar-refractivity contribution in [2.75, 3.05) is 11.9 Å². The Kier molecular flexibility index (Phi) is 9.78. The van der Waals surface area contributed by atoms with Crippen LogP contribution in [0.4, 0.5) is 23.7 Å². The summed E-state index contributed by atoms with van der Waals surface area (Å²) >= 11 is 13.4. The van der Waals surface area contributed by atoms with Gasteiger partial charge in [0.05, 0.1) is 12.2 Å². The first-order chi connectivity index (χ1) is 19.1. The van der Waals surface area contributed by atoms with Gasteiger partial charge in [0.25, 0.3) is 0 Å². The standard InChI is InChI=1S/C28H25Cl2F3N4O2S/c1-18-15-22(9-12-24(18)30)36-26(38)34-13-2-14-37-25(20-5-10-23(11-6-20)39-28(31,32)33)17-40-27(37)35-16-19-3-7-21(29)8-4-19/h3-12,15,17H,2,13-14,16H2,1H3,(H2,34,36,38)/b35-27-. The lowest BCUT2D eigenvalue weighted by atomic mass is 10.1. The molecule has 1 heterocycles. The van der Waals surface area contributed by atoms with Crippen LogP contribution < -0.4 is 20.2 Å². The summed E-state index contributed by atoms with van der Waals surface area (Å²) in [6.07, 6.45) is -4.18. The molecule has 0 radical (unpaired) electrons. The number of hydrogen-bond acceptors (Lipinski definition) is 4. The van der Waals surface area contributed by atoms with E-state index >= 15 is 0 Å². The SMILES string of the molecule is Cc1cc(NC(=O)NCCCn2c(-c3ccc(OC(F)(F)F)cc3)cs/c2=N\Cc2ccc(Cl)cc2)ccc1Cl. The zero-order valence-corrected chi connectivity index (χ0v) is 23.6. The number of nitrogens with zero attached hydrogens (tertiary/aromatic N) is 2. The van der Waals surface area contributed by atoms with E-state index < -0.39 is 6.36 Å². The van der Waals surface area contributed by atoms with Crippen molar-refractivity contribution in [3.63, 3.8) is 0 Å². The van der Waals surface area contributed by atoms with E-state index in [4.69, 9.17) is 28.2 Å². The first kappa shape index (κ1) is 29.5. The molecule has 3 aromatic carbocycles. The largest absolute Gasteiger partial charge is 0.573 e. The van der Waals surface area contributed by atoms with Gasteiger partial charge in [0.2, 0.25) is 0 Å². The number of aryl methyl sites for hydroxylation is 1. The Balaban J connectivity index is 1.47. The Hall–Kier alpha value is -3.47. The summed E-state index contributed by atoms with van der Waals surface area (Å²) in [6, 6.07) is 18.0. The molecule has 0 aliphatic heterocycles. The highest BCUT2D eigenvalue weighted by Crippen LogP contribution is 2.27. The van der Waals surface area contributed by atoms with Gasteiger partial charge in [-0.1, -0.05) is 35.3 Å². The fourth-order valence-electron chi connectivity index (χ4n) is 3.81. The van der Waals surface area contributed by atoms with Gasteiger partial charge in [-0.25, -0.2) is 4.79 Å². The van der Waals surface area contributed by atoms with Gasteiger partial charge in [-0.05, 0) is 84.6 Å². The Morgan fingerprint density at radius 1 is 1.05 bits per heavy atom. The summed E-state index contributed by atoms with van der Waals surface area (Å²) < 4.78 is 43.7. The lowest BCUT2D eigenvalue weighted by Gasteiger charge is -2.12. The van der Waals surface area contributed by atoms with Crippen molar-refractivity contribution in [2.45, 2.75) is 32.8 Å². The molecule has 0 fully saturated rings. The molecule has 0 atom stereocenters. The molecule has 1 aromatic heterocycles. The Morgan fingerprint density at radius 2 is 1.77 bits per heavy atom. The highest BCUT2D eigenvalue weighted by molar-refractivity contribution is 7.07. The molecular formula is C28H25Cl2F3N4O2S. The molecular weight excluding hydrogens is 584 g/mol. The summed E-state index contributed by atoms with van der Waals surface area (Å²) in [4.78, 5) is 17.9. The maximum Gasteiger partial charge on any atom is 0.573 e. The Morgan fingerprint density at radius 3 is 2.45 bits per heavy atom. The van der Waals surface area contributed by atoms with Crippen LogP contribution in [0.5, 0.6) is 5.75 Å². The summed E-state index contributed by atoms with van der Waals surface area (Å²) in [5.41, 5.74) is 3.97. The number of halogens is 5. The fraction of sp³-hybridized carbons (Fsp3) is 0.214. The number of rotatable bonds is 9. The number of amides is 2. The van der Waals surface area contributed by atoms with Crippen LogP contribution in [0.1, 0.15) is 17.5 Å². The molecule has 0 bridgehead atoms. The number of benzene rings is 3. The third-order valence-electron chi connectivity index (χ3n) is 5.75. The smallest absolute Gasteiger partial charge is 0.406 e. The number of urea groups is 1. The van der Waals surface area contributed by atoms with Gasteiger partial charge in [-0.15, -0.1) is 24.5 Å². The maximum absolute atomic E-state index is 12.6. The second kappa shape index (κ2) is 13.3. The molecule has 0 aliphatic carbocycles. The number of aromatic nitrogens is 1. The third kappa shape index (κ3) is 8.51. The van der Waals surface area contributed by atoms with Crippen LogP contribution in [-0.4, -0.2) is 23.5 Å². The van der Waals surface area contributed by atoms with E-state index in [-0.39, 0.29) is 11.8 Å². The first-order valence-electron chi connectivity index (χ1n) is 12.2. The lowest BCUT2D eigenvalue weighted by molar-refractivity contribution is -0.274. The van der Waals surface area contributed by atoms with E-state index in [9.17, 15) is 18.0 Å². The number of hydrogen-bond donors (Lipinski definition) is 2. The highest BCUT2D eigenvalue weighted by Gasteiger charge is 2.31. The molecule has 0 unspecified atom stereocenters. The van der Waals surface area contributed by atoms with E-state index in [0.717, 1.165) is 21.6 Å². The topological polar surface area (TPSA) is 67.7 Å². The van der Waals surface area contributed by atoms with Gasteiger partial charge < -0.3 is 19.9 Å². The number of thiazole rings is 1. The molecule has 4 rings (SSSR count). The molecule has 2 N–H and O–H groups in total. The molecule has 2 amide bonds. The summed E-state index contributed by atoms with van der Waals surface area (Å²) in [6.45, 7) is 3.18. The van der Waals surface area contributed by atoms with Gasteiger partial charge in [0.15, 0.2) is 4.80 Å². The Labute approximate surface area is 243 Å².